The van der Waals surface area contributed by atoms with Crippen LogP contribution in [0.3, 0.4) is 0 Å². The van der Waals surface area contributed by atoms with Crippen LogP contribution in [0.1, 0.15) is 26.2 Å². The fourth-order valence-electron chi connectivity index (χ4n) is 1.58. The molecule has 1 aliphatic rings. The van der Waals surface area contributed by atoms with Crippen LogP contribution in [0.2, 0.25) is 0 Å². The summed E-state index contributed by atoms with van der Waals surface area (Å²) in [5, 5.41) is 9.38. The lowest BCUT2D eigenvalue weighted by Gasteiger charge is -2.29. The molecule has 0 bridgehead atoms. The SMILES string of the molecule is C=C(C)CCN1CCCC(O)C1. The van der Waals surface area contributed by atoms with Gasteiger partial charge in [0.15, 0.2) is 0 Å². The van der Waals surface area contributed by atoms with E-state index in [0.29, 0.717) is 0 Å². The number of rotatable bonds is 3. The van der Waals surface area contributed by atoms with Crippen LogP contribution < -0.4 is 0 Å². The van der Waals surface area contributed by atoms with E-state index in [1.165, 1.54) is 5.57 Å². The minimum absolute atomic E-state index is 0.0936. The minimum Gasteiger partial charge on any atom is -0.392 e. The van der Waals surface area contributed by atoms with Crippen molar-refractivity contribution in [1.29, 1.82) is 0 Å². The van der Waals surface area contributed by atoms with Crippen molar-refractivity contribution in [2.45, 2.75) is 32.3 Å². The summed E-state index contributed by atoms with van der Waals surface area (Å²) in [4.78, 5) is 2.32. The zero-order valence-corrected chi connectivity index (χ0v) is 7.92. The van der Waals surface area contributed by atoms with Gasteiger partial charge in [0.2, 0.25) is 0 Å². The van der Waals surface area contributed by atoms with E-state index in [2.05, 4.69) is 18.4 Å². The largest absolute Gasteiger partial charge is 0.392 e. The molecule has 1 N–H and O–H groups in total. The number of likely N-dealkylation sites (tertiary alicyclic amines) is 1. The van der Waals surface area contributed by atoms with Gasteiger partial charge in [0.05, 0.1) is 6.10 Å². The van der Waals surface area contributed by atoms with Crippen molar-refractivity contribution in [2.24, 2.45) is 0 Å². The molecule has 0 spiro atoms. The minimum atomic E-state index is -0.0936. The Morgan fingerprint density at radius 3 is 3.00 bits per heavy atom. The van der Waals surface area contributed by atoms with Crippen molar-refractivity contribution < 1.29 is 5.11 Å². The second-order valence-electron chi connectivity index (χ2n) is 3.80. The molecule has 12 heavy (non-hydrogen) atoms. The molecule has 1 fully saturated rings. The van der Waals surface area contributed by atoms with E-state index in [9.17, 15) is 5.11 Å². The lowest BCUT2D eigenvalue weighted by atomic mass is 10.1. The number of hydrogen-bond acceptors (Lipinski definition) is 2. The van der Waals surface area contributed by atoms with Crippen LogP contribution in [0, 0.1) is 0 Å². The van der Waals surface area contributed by atoms with Gasteiger partial charge in [-0.25, -0.2) is 0 Å². The Balaban J connectivity index is 2.18. The number of nitrogens with zero attached hydrogens (tertiary/aromatic N) is 1. The number of aliphatic hydroxyl groups excluding tert-OH is 1. The highest BCUT2D eigenvalue weighted by molar-refractivity contribution is 4.89. The fraction of sp³-hybridized carbons (Fsp3) is 0.800. The standard InChI is InChI=1S/C10H19NO/c1-9(2)5-7-11-6-3-4-10(12)8-11/h10,12H,1,3-8H2,2H3. The molecule has 0 radical (unpaired) electrons. The summed E-state index contributed by atoms with van der Waals surface area (Å²) < 4.78 is 0. The Morgan fingerprint density at radius 1 is 1.67 bits per heavy atom. The van der Waals surface area contributed by atoms with Gasteiger partial charge in [-0.3, -0.25) is 0 Å². The Hall–Kier alpha value is -0.340. The summed E-state index contributed by atoms with van der Waals surface area (Å²) in [5.74, 6) is 0. The normalized spacial score (nSPS) is 25.7. The molecular weight excluding hydrogens is 150 g/mol. The van der Waals surface area contributed by atoms with E-state index < -0.39 is 0 Å². The average Bonchev–Trinajstić information content (AvgIpc) is 2.01. The molecule has 0 amide bonds. The Bertz CT molecular complexity index is 156. The summed E-state index contributed by atoms with van der Waals surface area (Å²) in [6.45, 7) is 8.98. The van der Waals surface area contributed by atoms with Crippen LogP contribution in [0.5, 0.6) is 0 Å². The van der Waals surface area contributed by atoms with Gasteiger partial charge >= 0.3 is 0 Å². The van der Waals surface area contributed by atoms with Gasteiger partial charge in [0, 0.05) is 13.1 Å². The molecular formula is C10H19NO. The molecule has 0 aromatic rings. The van der Waals surface area contributed by atoms with E-state index in [-0.39, 0.29) is 6.10 Å². The first-order valence-corrected chi connectivity index (χ1v) is 4.73. The molecule has 0 aromatic carbocycles. The highest BCUT2D eigenvalue weighted by atomic mass is 16.3. The molecule has 0 aromatic heterocycles. The van der Waals surface area contributed by atoms with Crippen LogP contribution in [-0.2, 0) is 0 Å². The van der Waals surface area contributed by atoms with Crippen molar-refractivity contribution in [2.75, 3.05) is 19.6 Å². The molecule has 2 heteroatoms. The zero-order valence-electron chi connectivity index (χ0n) is 7.92. The first-order chi connectivity index (χ1) is 5.68. The molecule has 1 heterocycles. The Labute approximate surface area is 74.9 Å². The van der Waals surface area contributed by atoms with E-state index in [1.54, 1.807) is 0 Å². The lowest BCUT2D eigenvalue weighted by Crippen LogP contribution is -2.38. The maximum atomic E-state index is 9.38. The molecule has 1 atom stereocenters. The zero-order chi connectivity index (χ0) is 8.97. The monoisotopic (exact) mass is 169 g/mol. The third-order valence-corrected chi connectivity index (χ3v) is 2.34. The van der Waals surface area contributed by atoms with Crippen molar-refractivity contribution in [3.63, 3.8) is 0 Å². The molecule has 70 valence electrons. The van der Waals surface area contributed by atoms with Crippen LogP contribution in [0.4, 0.5) is 0 Å². The van der Waals surface area contributed by atoms with Gasteiger partial charge in [-0.15, -0.1) is 6.58 Å². The molecule has 1 unspecified atom stereocenters. The van der Waals surface area contributed by atoms with Gasteiger partial charge < -0.3 is 10.0 Å². The van der Waals surface area contributed by atoms with E-state index in [0.717, 1.165) is 38.9 Å². The maximum Gasteiger partial charge on any atom is 0.0667 e. The van der Waals surface area contributed by atoms with Gasteiger partial charge in [-0.1, -0.05) is 5.57 Å². The lowest BCUT2D eigenvalue weighted by molar-refractivity contribution is 0.0714. The molecule has 1 rings (SSSR count). The highest BCUT2D eigenvalue weighted by Crippen LogP contribution is 2.10. The first kappa shape index (κ1) is 9.75. The third-order valence-electron chi connectivity index (χ3n) is 2.34. The summed E-state index contributed by atoms with van der Waals surface area (Å²) in [6.07, 6.45) is 3.08. The summed E-state index contributed by atoms with van der Waals surface area (Å²) in [6, 6.07) is 0. The van der Waals surface area contributed by atoms with Gasteiger partial charge in [0.25, 0.3) is 0 Å². The Morgan fingerprint density at radius 2 is 2.42 bits per heavy atom. The predicted molar refractivity (Wildman–Crippen MR) is 51.1 cm³/mol. The first-order valence-electron chi connectivity index (χ1n) is 4.73. The summed E-state index contributed by atoms with van der Waals surface area (Å²) >= 11 is 0. The number of β-amino-alcohol motifs (C(OH)–C–C–N with tert-alkyl or cyclic N) is 1. The second kappa shape index (κ2) is 4.63. The van der Waals surface area contributed by atoms with E-state index >= 15 is 0 Å². The van der Waals surface area contributed by atoms with Crippen LogP contribution in [-0.4, -0.2) is 35.7 Å². The van der Waals surface area contributed by atoms with Gasteiger partial charge in [0.1, 0.15) is 0 Å². The summed E-state index contributed by atoms with van der Waals surface area (Å²) in [5.41, 5.74) is 1.23. The smallest absolute Gasteiger partial charge is 0.0667 e. The molecule has 1 aliphatic heterocycles. The van der Waals surface area contributed by atoms with Crippen LogP contribution in [0.25, 0.3) is 0 Å². The topological polar surface area (TPSA) is 23.5 Å². The fourth-order valence-corrected chi connectivity index (χ4v) is 1.58. The quantitative estimate of drug-likeness (QED) is 0.646. The third kappa shape index (κ3) is 3.37. The summed E-state index contributed by atoms with van der Waals surface area (Å²) in [7, 11) is 0. The average molecular weight is 169 g/mol. The highest BCUT2D eigenvalue weighted by Gasteiger charge is 2.16. The van der Waals surface area contributed by atoms with Crippen molar-refractivity contribution in [3.8, 4) is 0 Å². The van der Waals surface area contributed by atoms with E-state index in [4.69, 9.17) is 0 Å². The molecule has 1 saturated heterocycles. The van der Waals surface area contributed by atoms with Crippen molar-refractivity contribution in [1.82, 2.24) is 4.90 Å². The maximum absolute atomic E-state index is 9.38. The van der Waals surface area contributed by atoms with Crippen LogP contribution in [0.15, 0.2) is 12.2 Å². The molecule has 0 aliphatic carbocycles. The van der Waals surface area contributed by atoms with Crippen LogP contribution >= 0.6 is 0 Å². The van der Waals surface area contributed by atoms with E-state index in [1.807, 2.05) is 0 Å². The second-order valence-corrected chi connectivity index (χ2v) is 3.80. The predicted octanol–water partition coefficient (Wildman–Crippen LogP) is 1.41. The van der Waals surface area contributed by atoms with Gasteiger partial charge in [-0.05, 0) is 32.7 Å². The van der Waals surface area contributed by atoms with Gasteiger partial charge in [-0.2, -0.15) is 0 Å². The van der Waals surface area contributed by atoms with Crippen molar-refractivity contribution >= 4 is 0 Å². The number of hydrogen-bond donors (Lipinski definition) is 1. The Kier molecular flexibility index (Phi) is 3.76. The number of aliphatic hydroxyl groups is 1. The molecule has 0 saturated carbocycles. The number of piperidine rings is 1. The molecule has 2 nitrogen and oxygen atoms in total. The van der Waals surface area contributed by atoms with Crippen molar-refractivity contribution in [3.05, 3.63) is 12.2 Å².